The standard InChI is InChI=1S/C14H13BrN2O2/c15-10-5-3-9(4-6-10)13-16-8-12-11(14(18)19)2-1-7-17(12)13/h3-6,8,11H,1-2,7H2,(H,18,19). The number of aromatic nitrogens is 2. The molecule has 19 heavy (non-hydrogen) atoms. The Kier molecular flexibility index (Phi) is 3.14. The molecule has 2 heterocycles. The first-order chi connectivity index (χ1) is 9.16. The van der Waals surface area contributed by atoms with Gasteiger partial charge in [0.2, 0.25) is 0 Å². The molecule has 0 saturated heterocycles. The molecule has 0 fully saturated rings. The van der Waals surface area contributed by atoms with Crippen LogP contribution in [0, 0.1) is 0 Å². The van der Waals surface area contributed by atoms with Gasteiger partial charge in [-0.3, -0.25) is 4.79 Å². The Morgan fingerprint density at radius 2 is 2.11 bits per heavy atom. The summed E-state index contributed by atoms with van der Waals surface area (Å²) in [5, 5.41) is 9.25. The van der Waals surface area contributed by atoms with Crippen molar-refractivity contribution >= 4 is 21.9 Å². The van der Waals surface area contributed by atoms with Crippen molar-refractivity contribution in [2.45, 2.75) is 25.3 Å². The Bertz CT molecular complexity index is 619. The Morgan fingerprint density at radius 3 is 2.79 bits per heavy atom. The molecular weight excluding hydrogens is 308 g/mol. The van der Waals surface area contributed by atoms with Gasteiger partial charge in [0.15, 0.2) is 0 Å². The van der Waals surface area contributed by atoms with Crippen LogP contribution < -0.4 is 0 Å². The fourth-order valence-corrected chi connectivity index (χ4v) is 2.85. The Hall–Kier alpha value is -1.62. The van der Waals surface area contributed by atoms with Gasteiger partial charge in [-0.25, -0.2) is 4.98 Å². The van der Waals surface area contributed by atoms with Crippen molar-refractivity contribution in [1.29, 1.82) is 0 Å². The van der Waals surface area contributed by atoms with E-state index in [4.69, 9.17) is 0 Å². The van der Waals surface area contributed by atoms with E-state index >= 15 is 0 Å². The number of imidazole rings is 1. The van der Waals surface area contributed by atoms with Crippen LogP contribution in [0.2, 0.25) is 0 Å². The van der Waals surface area contributed by atoms with E-state index in [-0.39, 0.29) is 0 Å². The summed E-state index contributed by atoms with van der Waals surface area (Å²) in [6.07, 6.45) is 3.28. The molecule has 5 heteroatoms. The molecule has 0 radical (unpaired) electrons. The summed E-state index contributed by atoms with van der Waals surface area (Å²) in [6, 6.07) is 7.91. The van der Waals surface area contributed by atoms with Gasteiger partial charge in [0.05, 0.1) is 11.6 Å². The van der Waals surface area contributed by atoms with Crippen molar-refractivity contribution in [3.63, 3.8) is 0 Å². The lowest BCUT2D eigenvalue weighted by molar-refractivity contribution is -0.139. The first kappa shape index (κ1) is 12.4. The van der Waals surface area contributed by atoms with Crippen LogP contribution in [-0.4, -0.2) is 20.6 Å². The van der Waals surface area contributed by atoms with Crippen molar-refractivity contribution in [2.24, 2.45) is 0 Å². The second-order valence-corrected chi connectivity index (χ2v) is 5.61. The number of benzene rings is 1. The van der Waals surface area contributed by atoms with Gasteiger partial charge < -0.3 is 9.67 Å². The van der Waals surface area contributed by atoms with Gasteiger partial charge in [0.1, 0.15) is 5.82 Å². The molecule has 1 unspecified atom stereocenters. The molecule has 4 nitrogen and oxygen atoms in total. The van der Waals surface area contributed by atoms with E-state index in [2.05, 4.69) is 20.9 Å². The highest BCUT2D eigenvalue weighted by Crippen LogP contribution is 2.32. The van der Waals surface area contributed by atoms with Gasteiger partial charge in [0.25, 0.3) is 0 Å². The maximum absolute atomic E-state index is 11.3. The first-order valence-electron chi connectivity index (χ1n) is 6.21. The average molecular weight is 321 g/mol. The van der Waals surface area contributed by atoms with Crippen molar-refractivity contribution in [3.8, 4) is 11.4 Å². The lowest BCUT2D eigenvalue weighted by Gasteiger charge is -2.22. The number of aliphatic carboxylic acids is 1. The minimum atomic E-state index is -0.761. The van der Waals surface area contributed by atoms with E-state index in [0.29, 0.717) is 6.42 Å². The van der Waals surface area contributed by atoms with E-state index in [1.807, 2.05) is 28.8 Å². The highest BCUT2D eigenvalue weighted by molar-refractivity contribution is 9.10. The number of carboxylic acid groups (broad SMARTS) is 1. The van der Waals surface area contributed by atoms with E-state index in [9.17, 15) is 9.90 Å². The third-order valence-corrected chi connectivity index (χ3v) is 4.05. The zero-order valence-electron chi connectivity index (χ0n) is 10.2. The third-order valence-electron chi connectivity index (χ3n) is 3.52. The quantitative estimate of drug-likeness (QED) is 0.923. The number of rotatable bonds is 2. The van der Waals surface area contributed by atoms with Crippen LogP contribution in [0.15, 0.2) is 34.9 Å². The number of fused-ring (bicyclic) bond motifs is 1. The van der Waals surface area contributed by atoms with Gasteiger partial charge in [-0.2, -0.15) is 0 Å². The number of carbonyl (C=O) groups is 1. The molecule has 2 aromatic rings. The second-order valence-electron chi connectivity index (χ2n) is 4.70. The SMILES string of the molecule is O=C(O)C1CCCn2c1cnc2-c1ccc(Br)cc1. The molecule has 1 aliphatic rings. The van der Waals surface area contributed by atoms with Crippen LogP contribution in [0.1, 0.15) is 24.5 Å². The van der Waals surface area contributed by atoms with E-state index < -0.39 is 11.9 Å². The highest BCUT2D eigenvalue weighted by Gasteiger charge is 2.28. The minimum absolute atomic E-state index is 0.426. The van der Waals surface area contributed by atoms with E-state index in [1.165, 1.54) is 0 Å². The van der Waals surface area contributed by atoms with Crippen molar-refractivity contribution in [1.82, 2.24) is 9.55 Å². The summed E-state index contributed by atoms with van der Waals surface area (Å²) < 4.78 is 3.05. The lowest BCUT2D eigenvalue weighted by atomic mass is 9.96. The van der Waals surface area contributed by atoms with Crippen LogP contribution in [0.25, 0.3) is 11.4 Å². The molecule has 0 bridgehead atoms. The molecule has 1 N–H and O–H groups in total. The summed E-state index contributed by atoms with van der Waals surface area (Å²) >= 11 is 3.41. The zero-order chi connectivity index (χ0) is 13.4. The average Bonchev–Trinajstić information content (AvgIpc) is 2.83. The molecule has 0 amide bonds. The minimum Gasteiger partial charge on any atom is -0.481 e. The highest BCUT2D eigenvalue weighted by atomic mass is 79.9. The number of carboxylic acids is 1. The Balaban J connectivity index is 2.05. The topological polar surface area (TPSA) is 55.1 Å². The number of halogens is 1. The van der Waals surface area contributed by atoms with Gasteiger partial charge in [0, 0.05) is 22.8 Å². The second kappa shape index (κ2) is 4.81. The number of hydrogen-bond donors (Lipinski definition) is 1. The summed E-state index contributed by atoms with van der Waals surface area (Å²) in [5.41, 5.74) is 1.83. The van der Waals surface area contributed by atoms with Crippen LogP contribution >= 0.6 is 15.9 Å². The lowest BCUT2D eigenvalue weighted by Crippen LogP contribution is -2.21. The first-order valence-corrected chi connectivity index (χ1v) is 7.00. The number of nitrogens with zero attached hydrogens (tertiary/aromatic N) is 2. The smallest absolute Gasteiger partial charge is 0.312 e. The van der Waals surface area contributed by atoms with Crippen LogP contribution in [0.4, 0.5) is 0 Å². The van der Waals surface area contributed by atoms with Gasteiger partial charge >= 0.3 is 5.97 Å². The Labute approximate surface area is 119 Å². The van der Waals surface area contributed by atoms with E-state index in [0.717, 1.165) is 34.5 Å². The Morgan fingerprint density at radius 1 is 1.37 bits per heavy atom. The third kappa shape index (κ3) is 2.18. The maximum atomic E-state index is 11.3. The zero-order valence-corrected chi connectivity index (χ0v) is 11.8. The molecule has 0 saturated carbocycles. The van der Waals surface area contributed by atoms with Crippen molar-refractivity contribution < 1.29 is 9.90 Å². The summed E-state index contributed by atoms with van der Waals surface area (Å²) in [4.78, 5) is 15.7. The summed E-state index contributed by atoms with van der Waals surface area (Å²) in [5.74, 6) is -0.331. The molecule has 1 aromatic carbocycles. The van der Waals surface area contributed by atoms with Crippen LogP contribution in [0.3, 0.4) is 0 Å². The number of hydrogen-bond acceptors (Lipinski definition) is 2. The predicted octanol–water partition coefficient (Wildman–Crippen LogP) is 3.27. The summed E-state index contributed by atoms with van der Waals surface area (Å²) in [6.45, 7) is 0.838. The summed E-state index contributed by atoms with van der Waals surface area (Å²) in [7, 11) is 0. The molecule has 98 valence electrons. The van der Waals surface area contributed by atoms with Gasteiger partial charge in [-0.1, -0.05) is 28.1 Å². The molecule has 1 aromatic heterocycles. The molecule has 0 spiro atoms. The van der Waals surface area contributed by atoms with E-state index in [1.54, 1.807) is 6.20 Å². The molecule has 1 atom stereocenters. The fourth-order valence-electron chi connectivity index (χ4n) is 2.58. The molecule has 1 aliphatic heterocycles. The largest absolute Gasteiger partial charge is 0.481 e. The maximum Gasteiger partial charge on any atom is 0.312 e. The predicted molar refractivity (Wildman–Crippen MR) is 75.0 cm³/mol. The molecule has 0 aliphatic carbocycles. The monoisotopic (exact) mass is 320 g/mol. The van der Waals surface area contributed by atoms with Crippen LogP contribution in [0.5, 0.6) is 0 Å². The van der Waals surface area contributed by atoms with Gasteiger partial charge in [-0.05, 0) is 25.0 Å². The fraction of sp³-hybridized carbons (Fsp3) is 0.286. The molecule has 3 rings (SSSR count). The van der Waals surface area contributed by atoms with Crippen molar-refractivity contribution in [3.05, 3.63) is 40.6 Å². The normalized spacial score (nSPS) is 18.1. The van der Waals surface area contributed by atoms with Gasteiger partial charge in [-0.15, -0.1) is 0 Å². The van der Waals surface area contributed by atoms with Crippen molar-refractivity contribution in [2.75, 3.05) is 0 Å². The van der Waals surface area contributed by atoms with Crippen LogP contribution in [-0.2, 0) is 11.3 Å². The molecular formula is C14H13BrN2O2.